The first kappa shape index (κ1) is 12.1. The van der Waals surface area contributed by atoms with Crippen molar-refractivity contribution in [2.24, 2.45) is 5.73 Å². The van der Waals surface area contributed by atoms with Crippen LogP contribution >= 0.6 is 0 Å². The second-order valence-corrected chi connectivity index (χ2v) is 3.73. The molecular weight excluding hydrogens is 194 g/mol. The summed E-state index contributed by atoms with van der Waals surface area (Å²) in [4.78, 5) is 4.24. The highest BCUT2D eigenvalue weighted by atomic mass is 16.5. The van der Waals surface area contributed by atoms with Crippen LogP contribution in [0.4, 0.5) is 0 Å². The molecule has 0 saturated heterocycles. The van der Waals surface area contributed by atoms with Gasteiger partial charge >= 0.3 is 0 Å². The van der Waals surface area contributed by atoms with Gasteiger partial charge in [-0.25, -0.2) is 0 Å². The smallest absolute Gasteiger partial charge is 0.246 e. The number of hydrogen-bond acceptors (Lipinski definition) is 5. The lowest BCUT2D eigenvalue weighted by atomic mass is 10.0. The van der Waals surface area contributed by atoms with E-state index in [0.717, 1.165) is 6.42 Å². The first-order valence-corrected chi connectivity index (χ1v) is 5.29. The molecule has 0 radical (unpaired) electrons. The minimum absolute atomic E-state index is 0.497. The van der Waals surface area contributed by atoms with Crippen molar-refractivity contribution >= 4 is 0 Å². The maximum Gasteiger partial charge on any atom is 0.246 e. The summed E-state index contributed by atoms with van der Waals surface area (Å²) in [5.74, 6) is 1.15. The molecule has 0 fully saturated rings. The molecule has 0 spiro atoms. The van der Waals surface area contributed by atoms with Gasteiger partial charge in [0.15, 0.2) is 5.82 Å². The first-order chi connectivity index (χ1) is 7.10. The zero-order valence-electron chi connectivity index (χ0n) is 9.62. The van der Waals surface area contributed by atoms with Gasteiger partial charge in [-0.3, -0.25) is 0 Å². The van der Waals surface area contributed by atoms with Crippen LogP contribution in [0.2, 0.25) is 0 Å². The zero-order valence-corrected chi connectivity index (χ0v) is 9.62. The fourth-order valence-corrected chi connectivity index (χ4v) is 1.05. The largest absolute Gasteiger partial charge is 0.381 e. The van der Waals surface area contributed by atoms with Gasteiger partial charge in [-0.1, -0.05) is 12.1 Å². The number of rotatable bonds is 6. The van der Waals surface area contributed by atoms with E-state index in [9.17, 15) is 0 Å². The summed E-state index contributed by atoms with van der Waals surface area (Å²) >= 11 is 0. The van der Waals surface area contributed by atoms with Gasteiger partial charge in [0.25, 0.3) is 0 Å². The number of nitrogens with zero attached hydrogens (tertiary/aromatic N) is 2. The van der Waals surface area contributed by atoms with Crippen molar-refractivity contribution in [3.63, 3.8) is 0 Å². The summed E-state index contributed by atoms with van der Waals surface area (Å²) in [6, 6.07) is 0. The Hall–Kier alpha value is -0.940. The van der Waals surface area contributed by atoms with Crippen LogP contribution in [-0.4, -0.2) is 23.4 Å². The summed E-state index contributed by atoms with van der Waals surface area (Å²) in [5.41, 5.74) is 5.45. The maximum atomic E-state index is 5.98. The van der Waals surface area contributed by atoms with E-state index in [1.165, 1.54) is 0 Å². The topological polar surface area (TPSA) is 74.2 Å². The van der Waals surface area contributed by atoms with Gasteiger partial charge in [0.1, 0.15) is 0 Å². The van der Waals surface area contributed by atoms with E-state index in [1.54, 1.807) is 0 Å². The Labute approximate surface area is 90.0 Å². The molecule has 1 unspecified atom stereocenters. The predicted octanol–water partition coefficient (Wildman–Crippen LogP) is 1.23. The minimum Gasteiger partial charge on any atom is -0.381 e. The van der Waals surface area contributed by atoms with E-state index in [0.29, 0.717) is 31.3 Å². The number of nitrogens with two attached hydrogens (primary N) is 1. The quantitative estimate of drug-likeness (QED) is 0.719. The molecule has 0 aliphatic rings. The lowest BCUT2D eigenvalue weighted by molar-refractivity contribution is 0.149. The lowest BCUT2D eigenvalue weighted by Crippen LogP contribution is -2.32. The van der Waals surface area contributed by atoms with Crippen LogP contribution in [0.15, 0.2) is 4.52 Å². The SMILES string of the molecule is CCOCCc1noc(C(C)(N)CC)n1. The second-order valence-electron chi connectivity index (χ2n) is 3.73. The first-order valence-electron chi connectivity index (χ1n) is 5.29. The van der Waals surface area contributed by atoms with Crippen LogP contribution in [0.1, 0.15) is 38.9 Å². The molecule has 0 aliphatic heterocycles. The van der Waals surface area contributed by atoms with E-state index in [1.807, 2.05) is 20.8 Å². The predicted molar refractivity (Wildman–Crippen MR) is 56.3 cm³/mol. The van der Waals surface area contributed by atoms with Gasteiger partial charge in [-0.05, 0) is 20.3 Å². The molecule has 0 bridgehead atoms. The Morgan fingerprint density at radius 3 is 2.80 bits per heavy atom. The molecule has 2 N–H and O–H groups in total. The molecule has 1 atom stereocenters. The highest BCUT2D eigenvalue weighted by Gasteiger charge is 2.25. The van der Waals surface area contributed by atoms with Crippen LogP contribution in [0, 0.1) is 0 Å². The Morgan fingerprint density at radius 1 is 1.47 bits per heavy atom. The fraction of sp³-hybridized carbons (Fsp3) is 0.800. The van der Waals surface area contributed by atoms with E-state index in [4.69, 9.17) is 15.0 Å². The van der Waals surface area contributed by atoms with E-state index in [2.05, 4.69) is 10.1 Å². The van der Waals surface area contributed by atoms with Crippen LogP contribution < -0.4 is 5.73 Å². The lowest BCUT2D eigenvalue weighted by Gasteiger charge is -2.16. The molecule has 5 heteroatoms. The minimum atomic E-state index is -0.531. The van der Waals surface area contributed by atoms with Crippen molar-refractivity contribution < 1.29 is 9.26 Å². The summed E-state index contributed by atoms with van der Waals surface area (Å²) in [5, 5.41) is 3.86. The van der Waals surface area contributed by atoms with Crippen molar-refractivity contribution in [3.8, 4) is 0 Å². The molecule has 1 aromatic rings. The standard InChI is InChI=1S/C10H19N3O2/c1-4-10(3,11)9-12-8(13-15-9)6-7-14-5-2/h4-7,11H2,1-3H3. The molecule has 0 saturated carbocycles. The Bertz CT molecular complexity index is 297. The highest BCUT2D eigenvalue weighted by molar-refractivity contribution is 4.99. The highest BCUT2D eigenvalue weighted by Crippen LogP contribution is 2.18. The van der Waals surface area contributed by atoms with E-state index < -0.39 is 5.54 Å². The summed E-state index contributed by atoms with van der Waals surface area (Å²) in [6.45, 7) is 7.14. The van der Waals surface area contributed by atoms with Crippen LogP contribution in [-0.2, 0) is 16.7 Å². The van der Waals surface area contributed by atoms with Gasteiger partial charge in [0, 0.05) is 13.0 Å². The number of hydrogen-bond donors (Lipinski definition) is 1. The van der Waals surface area contributed by atoms with Gasteiger partial charge in [0.05, 0.1) is 12.1 Å². The molecule has 1 aromatic heterocycles. The molecule has 86 valence electrons. The van der Waals surface area contributed by atoms with Crippen molar-refractivity contribution in [2.75, 3.05) is 13.2 Å². The average molecular weight is 213 g/mol. The van der Waals surface area contributed by atoms with Crippen molar-refractivity contribution in [3.05, 3.63) is 11.7 Å². The summed E-state index contributed by atoms with van der Waals surface area (Å²) in [7, 11) is 0. The van der Waals surface area contributed by atoms with Crippen LogP contribution in [0.3, 0.4) is 0 Å². The Kier molecular flexibility index (Phi) is 4.23. The molecule has 5 nitrogen and oxygen atoms in total. The molecule has 1 rings (SSSR count). The van der Waals surface area contributed by atoms with Crippen molar-refractivity contribution in [1.29, 1.82) is 0 Å². The average Bonchev–Trinajstić information content (AvgIpc) is 2.68. The second kappa shape index (κ2) is 5.23. The molecule has 0 aromatic carbocycles. The van der Waals surface area contributed by atoms with Gasteiger partial charge < -0.3 is 15.0 Å². The molecule has 0 aliphatic carbocycles. The van der Waals surface area contributed by atoms with E-state index >= 15 is 0 Å². The molecule has 15 heavy (non-hydrogen) atoms. The van der Waals surface area contributed by atoms with Gasteiger partial charge in [-0.15, -0.1) is 0 Å². The molecule has 0 amide bonds. The molecular formula is C10H19N3O2. The Balaban J connectivity index is 2.56. The van der Waals surface area contributed by atoms with Crippen LogP contribution in [0.25, 0.3) is 0 Å². The zero-order chi connectivity index (χ0) is 11.3. The third-order valence-electron chi connectivity index (χ3n) is 2.37. The number of ether oxygens (including phenoxy) is 1. The molecule has 1 heterocycles. The van der Waals surface area contributed by atoms with Crippen molar-refractivity contribution in [1.82, 2.24) is 10.1 Å². The maximum absolute atomic E-state index is 5.98. The third-order valence-corrected chi connectivity index (χ3v) is 2.37. The summed E-state index contributed by atoms with van der Waals surface area (Å²) in [6.07, 6.45) is 1.43. The van der Waals surface area contributed by atoms with Crippen molar-refractivity contribution in [2.45, 2.75) is 39.2 Å². The monoisotopic (exact) mass is 213 g/mol. The number of aromatic nitrogens is 2. The van der Waals surface area contributed by atoms with Crippen LogP contribution in [0.5, 0.6) is 0 Å². The fourth-order valence-electron chi connectivity index (χ4n) is 1.05. The van der Waals surface area contributed by atoms with Gasteiger partial charge in [0.2, 0.25) is 5.89 Å². The third kappa shape index (κ3) is 3.28. The Morgan fingerprint density at radius 2 is 2.20 bits per heavy atom. The van der Waals surface area contributed by atoms with Gasteiger partial charge in [-0.2, -0.15) is 4.98 Å². The summed E-state index contributed by atoms with van der Waals surface area (Å²) < 4.78 is 10.3. The van der Waals surface area contributed by atoms with E-state index in [-0.39, 0.29) is 0 Å². The normalized spacial score (nSPS) is 15.2.